The summed E-state index contributed by atoms with van der Waals surface area (Å²) in [6.07, 6.45) is 3.72. The standard InChI is InChI=1S/C15H33N3O/c1-5-19-12-6-9-16-13-14(2)18(4)15-7-10-17(3)11-8-15/h14-16H,5-13H2,1-4H3. The number of nitrogens with one attached hydrogen (secondary N) is 1. The molecule has 1 rings (SSSR count). The molecular weight excluding hydrogens is 238 g/mol. The number of ether oxygens (including phenoxy) is 1. The SMILES string of the molecule is CCOCCCNCC(C)N(C)C1CCN(C)CC1. The van der Waals surface area contributed by atoms with E-state index in [1.165, 1.54) is 25.9 Å². The molecule has 1 aliphatic rings. The minimum Gasteiger partial charge on any atom is -0.382 e. The summed E-state index contributed by atoms with van der Waals surface area (Å²) in [5, 5.41) is 3.54. The molecule has 0 radical (unpaired) electrons. The Morgan fingerprint density at radius 3 is 2.68 bits per heavy atom. The fraction of sp³-hybridized carbons (Fsp3) is 1.00. The van der Waals surface area contributed by atoms with Crippen LogP contribution in [0, 0.1) is 0 Å². The Morgan fingerprint density at radius 2 is 2.05 bits per heavy atom. The van der Waals surface area contributed by atoms with Crippen molar-refractivity contribution in [2.24, 2.45) is 0 Å². The van der Waals surface area contributed by atoms with Gasteiger partial charge in [-0.15, -0.1) is 0 Å². The number of rotatable bonds is 9. The first-order chi connectivity index (χ1) is 9.15. The van der Waals surface area contributed by atoms with Crippen LogP contribution in [0.2, 0.25) is 0 Å². The summed E-state index contributed by atoms with van der Waals surface area (Å²) in [7, 11) is 4.50. The minimum absolute atomic E-state index is 0.612. The van der Waals surface area contributed by atoms with Crippen molar-refractivity contribution < 1.29 is 4.74 Å². The molecule has 1 fully saturated rings. The molecule has 0 bridgehead atoms. The first-order valence-corrected chi connectivity index (χ1v) is 7.84. The average Bonchev–Trinajstić information content (AvgIpc) is 2.42. The number of likely N-dealkylation sites (tertiary alicyclic amines) is 1. The van der Waals surface area contributed by atoms with E-state index >= 15 is 0 Å². The summed E-state index contributed by atoms with van der Waals surface area (Å²) in [5.74, 6) is 0. The van der Waals surface area contributed by atoms with Crippen LogP contribution in [0.1, 0.15) is 33.1 Å². The lowest BCUT2D eigenvalue weighted by atomic mass is 10.0. The van der Waals surface area contributed by atoms with E-state index in [0.717, 1.165) is 38.8 Å². The maximum atomic E-state index is 5.34. The quantitative estimate of drug-likeness (QED) is 0.642. The molecule has 0 amide bonds. The van der Waals surface area contributed by atoms with Gasteiger partial charge >= 0.3 is 0 Å². The molecule has 0 aromatic carbocycles. The molecule has 1 N–H and O–H groups in total. The maximum Gasteiger partial charge on any atom is 0.0477 e. The van der Waals surface area contributed by atoms with Gasteiger partial charge in [0.2, 0.25) is 0 Å². The number of likely N-dealkylation sites (N-methyl/N-ethyl adjacent to an activating group) is 1. The lowest BCUT2D eigenvalue weighted by Gasteiger charge is -2.38. The zero-order valence-electron chi connectivity index (χ0n) is 13.3. The van der Waals surface area contributed by atoms with Crippen molar-refractivity contribution in [2.45, 2.75) is 45.2 Å². The molecule has 19 heavy (non-hydrogen) atoms. The summed E-state index contributed by atoms with van der Waals surface area (Å²) in [4.78, 5) is 4.99. The largest absolute Gasteiger partial charge is 0.382 e. The van der Waals surface area contributed by atoms with Gasteiger partial charge in [-0.1, -0.05) is 0 Å². The monoisotopic (exact) mass is 271 g/mol. The average molecular weight is 271 g/mol. The molecule has 1 aliphatic heterocycles. The van der Waals surface area contributed by atoms with Gasteiger partial charge in [-0.05, 0) is 66.8 Å². The molecule has 0 aromatic heterocycles. The molecule has 1 heterocycles. The van der Waals surface area contributed by atoms with E-state index in [0.29, 0.717) is 6.04 Å². The highest BCUT2D eigenvalue weighted by Gasteiger charge is 2.23. The third-order valence-corrected chi connectivity index (χ3v) is 4.25. The van der Waals surface area contributed by atoms with Crippen molar-refractivity contribution in [3.05, 3.63) is 0 Å². The second-order valence-corrected chi connectivity index (χ2v) is 5.80. The predicted octanol–water partition coefficient (Wildman–Crippen LogP) is 1.42. The van der Waals surface area contributed by atoms with Gasteiger partial charge in [-0.2, -0.15) is 0 Å². The highest BCUT2D eigenvalue weighted by molar-refractivity contribution is 4.80. The Bertz CT molecular complexity index is 217. The molecule has 0 saturated carbocycles. The van der Waals surface area contributed by atoms with Gasteiger partial charge in [0.05, 0.1) is 0 Å². The Kier molecular flexibility index (Phi) is 8.62. The number of nitrogens with zero attached hydrogens (tertiary/aromatic N) is 2. The van der Waals surface area contributed by atoms with Crippen LogP contribution in [0.15, 0.2) is 0 Å². The molecule has 0 aliphatic carbocycles. The van der Waals surface area contributed by atoms with Crippen LogP contribution in [-0.2, 0) is 4.74 Å². The van der Waals surface area contributed by atoms with E-state index in [-0.39, 0.29) is 0 Å². The third-order valence-electron chi connectivity index (χ3n) is 4.25. The van der Waals surface area contributed by atoms with Crippen molar-refractivity contribution in [1.82, 2.24) is 15.1 Å². The minimum atomic E-state index is 0.612. The lowest BCUT2D eigenvalue weighted by Crippen LogP contribution is -2.48. The Morgan fingerprint density at radius 1 is 1.37 bits per heavy atom. The van der Waals surface area contributed by atoms with Crippen LogP contribution in [0.3, 0.4) is 0 Å². The van der Waals surface area contributed by atoms with Gasteiger partial charge in [0.25, 0.3) is 0 Å². The third kappa shape index (κ3) is 6.70. The number of hydrogen-bond acceptors (Lipinski definition) is 4. The van der Waals surface area contributed by atoms with E-state index in [4.69, 9.17) is 4.74 Å². The van der Waals surface area contributed by atoms with Gasteiger partial charge in [0.1, 0.15) is 0 Å². The van der Waals surface area contributed by atoms with Crippen molar-refractivity contribution >= 4 is 0 Å². The van der Waals surface area contributed by atoms with E-state index in [1.807, 2.05) is 6.92 Å². The first kappa shape index (κ1) is 16.9. The van der Waals surface area contributed by atoms with Crippen LogP contribution in [-0.4, -0.2) is 75.4 Å². The van der Waals surface area contributed by atoms with Gasteiger partial charge in [0, 0.05) is 31.8 Å². The van der Waals surface area contributed by atoms with Crippen LogP contribution < -0.4 is 5.32 Å². The van der Waals surface area contributed by atoms with Crippen LogP contribution in [0.25, 0.3) is 0 Å². The molecule has 0 aromatic rings. The summed E-state index contributed by atoms with van der Waals surface area (Å²) in [6.45, 7) is 10.7. The topological polar surface area (TPSA) is 27.7 Å². The van der Waals surface area contributed by atoms with Gasteiger partial charge in [-0.25, -0.2) is 0 Å². The fourth-order valence-electron chi connectivity index (χ4n) is 2.66. The van der Waals surface area contributed by atoms with Crippen molar-refractivity contribution in [3.8, 4) is 0 Å². The number of hydrogen-bond donors (Lipinski definition) is 1. The zero-order chi connectivity index (χ0) is 14.1. The predicted molar refractivity (Wildman–Crippen MR) is 81.7 cm³/mol. The Hall–Kier alpha value is -0.160. The van der Waals surface area contributed by atoms with Crippen molar-refractivity contribution in [3.63, 3.8) is 0 Å². The second-order valence-electron chi connectivity index (χ2n) is 5.80. The summed E-state index contributed by atoms with van der Waals surface area (Å²) >= 11 is 0. The first-order valence-electron chi connectivity index (χ1n) is 7.84. The summed E-state index contributed by atoms with van der Waals surface area (Å²) in [6, 6.07) is 1.37. The van der Waals surface area contributed by atoms with E-state index in [2.05, 4.69) is 36.1 Å². The highest BCUT2D eigenvalue weighted by atomic mass is 16.5. The molecular formula is C15H33N3O. The molecule has 0 spiro atoms. The molecule has 1 unspecified atom stereocenters. The smallest absolute Gasteiger partial charge is 0.0477 e. The molecule has 4 nitrogen and oxygen atoms in total. The van der Waals surface area contributed by atoms with Crippen molar-refractivity contribution in [1.29, 1.82) is 0 Å². The van der Waals surface area contributed by atoms with E-state index in [9.17, 15) is 0 Å². The van der Waals surface area contributed by atoms with Gasteiger partial charge in [-0.3, -0.25) is 4.90 Å². The lowest BCUT2D eigenvalue weighted by molar-refractivity contribution is 0.111. The maximum absolute atomic E-state index is 5.34. The summed E-state index contributed by atoms with van der Waals surface area (Å²) in [5.41, 5.74) is 0. The fourth-order valence-corrected chi connectivity index (χ4v) is 2.66. The molecule has 1 atom stereocenters. The second kappa shape index (κ2) is 9.70. The molecule has 1 saturated heterocycles. The van der Waals surface area contributed by atoms with Crippen LogP contribution in [0.5, 0.6) is 0 Å². The Labute approximate surface area is 119 Å². The summed E-state index contributed by atoms with van der Waals surface area (Å²) < 4.78 is 5.34. The van der Waals surface area contributed by atoms with Crippen LogP contribution >= 0.6 is 0 Å². The normalized spacial score (nSPS) is 20.1. The molecule has 4 heteroatoms. The zero-order valence-corrected chi connectivity index (χ0v) is 13.3. The van der Waals surface area contributed by atoms with Crippen LogP contribution in [0.4, 0.5) is 0 Å². The van der Waals surface area contributed by atoms with Crippen molar-refractivity contribution in [2.75, 3.05) is 53.5 Å². The molecule has 114 valence electrons. The van der Waals surface area contributed by atoms with E-state index < -0.39 is 0 Å². The van der Waals surface area contributed by atoms with Gasteiger partial charge < -0.3 is 15.0 Å². The Balaban J connectivity index is 2.09. The highest BCUT2D eigenvalue weighted by Crippen LogP contribution is 2.15. The number of piperidine rings is 1. The van der Waals surface area contributed by atoms with Gasteiger partial charge in [0.15, 0.2) is 0 Å². The van der Waals surface area contributed by atoms with E-state index in [1.54, 1.807) is 0 Å².